The van der Waals surface area contributed by atoms with Gasteiger partial charge in [-0.2, -0.15) is 0 Å². The van der Waals surface area contributed by atoms with Crippen LogP contribution in [0.1, 0.15) is 0 Å². The Morgan fingerprint density at radius 2 is 0.857 bits per heavy atom. The van der Waals surface area contributed by atoms with Crippen molar-refractivity contribution >= 4 is 41.0 Å². The van der Waals surface area contributed by atoms with Gasteiger partial charge in [-0.05, 0) is 0 Å². The number of halogens is 1. The third-order valence-electron chi connectivity index (χ3n) is 0. The summed E-state index contributed by atoms with van der Waals surface area (Å²) < 4.78 is 82.3. The summed E-state index contributed by atoms with van der Waals surface area (Å²) in [6.07, 6.45) is 0. The molecule has 0 aromatic carbocycles. The van der Waals surface area contributed by atoms with E-state index in [1.165, 1.54) is 0 Å². The van der Waals surface area contributed by atoms with E-state index < -0.39 is 87.5 Å². The van der Waals surface area contributed by atoms with E-state index in [-0.39, 0.29) is 0 Å². The second-order valence-electron chi connectivity index (χ2n) is 0.333. The normalized spacial score (nSPS) is 3.57. The van der Waals surface area contributed by atoms with Crippen LogP contribution in [0.25, 0.3) is 0 Å². The van der Waals surface area contributed by atoms with Crippen LogP contribution in [-0.2, 0) is 78.7 Å². The predicted octanol–water partition coefficient (Wildman–Crippen LogP) is -1.22. The Labute approximate surface area is 119 Å². The standard InChI is InChI=1S/HIO.2O2Si.4O.2Zr/c1-2;2*1-3-2;;;;;;/h1H;;;;;;;;/i1T;;;;;;;;. The van der Waals surface area contributed by atoms with Crippen molar-refractivity contribution in [1.82, 2.24) is 0 Å². The SMILES string of the molecule is O=[Si]=O.O=[Si]=O.[3H]I=O.[O]=[Zr]=[O].[O]=[Zr]=[O]. The van der Waals surface area contributed by atoms with Crippen molar-refractivity contribution < 1.29 is 78.7 Å². The van der Waals surface area contributed by atoms with Gasteiger partial charge in [0.25, 0.3) is 0 Å². The molecule has 0 bridgehead atoms. The summed E-state index contributed by atoms with van der Waals surface area (Å²) in [5.41, 5.74) is 0. The van der Waals surface area contributed by atoms with E-state index in [9.17, 15) is 0 Å². The maximum absolute atomic E-state index is 8.71. The molecule has 0 aliphatic rings. The molecule has 9 nitrogen and oxygen atoms in total. The van der Waals surface area contributed by atoms with Gasteiger partial charge >= 0.3 is 76.3 Å². The second-order valence-corrected chi connectivity index (χ2v) is 1.49. The molecular weight excluding hydrogens is 510 g/mol. The van der Waals surface area contributed by atoms with E-state index in [2.05, 4.69) is 0 Å². The molecule has 0 aliphatic heterocycles. The van der Waals surface area contributed by atoms with Gasteiger partial charge < -0.3 is 0 Å². The number of hydrogen-bond acceptors (Lipinski definition) is 9. The molecule has 0 rings (SSSR count). The van der Waals surface area contributed by atoms with Crippen LogP contribution in [0, 0.1) is 0 Å². The zero-order valence-electron chi connectivity index (χ0n) is 7.05. The van der Waals surface area contributed by atoms with Gasteiger partial charge in [0.15, 0.2) is 0 Å². The molecule has 0 fully saturated rings. The summed E-state index contributed by atoms with van der Waals surface area (Å²) in [6.45, 7) is 0. The Kier molecular flexibility index (Phi) is 161. The molecule has 0 radical (unpaired) electrons. The van der Waals surface area contributed by atoms with Crippen LogP contribution in [0.15, 0.2) is 0 Å². The Morgan fingerprint density at radius 1 is 0.857 bits per heavy atom. The zero-order valence-corrected chi connectivity index (χ0v) is 15.1. The minimum atomic E-state index is -2.27. The van der Waals surface area contributed by atoms with Crippen LogP contribution in [-0.4, -0.2) is 19.2 Å². The topological polar surface area (TPSA) is 154 Å². The van der Waals surface area contributed by atoms with E-state index in [1.54, 1.807) is 0 Å². The van der Waals surface area contributed by atoms with Crippen molar-refractivity contribution in [2.75, 3.05) is 0 Å². The molecule has 14 heteroatoms. The van der Waals surface area contributed by atoms with Crippen LogP contribution >= 0.6 is 22.4 Å². The first-order valence-electron chi connectivity index (χ1n) is 2.17. The third kappa shape index (κ3) is 1510. The van der Waals surface area contributed by atoms with Gasteiger partial charge in [-0.15, -0.1) is 0 Å². The molecule has 0 aliphatic carbocycles. The molecule has 0 atom stereocenters. The van der Waals surface area contributed by atoms with Gasteiger partial charge in [0.2, 0.25) is 0 Å². The molecule has 0 heterocycles. The molecule has 0 unspecified atom stereocenters. The molecular formula is HIO9Si2Zr2. The van der Waals surface area contributed by atoms with Crippen molar-refractivity contribution in [3.8, 4) is 0 Å². The van der Waals surface area contributed by atoms with Crippen LogP contribution in [0.4, 0.5) is 0 Å². The van der Waals surface area contributed by atoms with Crippen molar-refractivity contribution in [3.63, 3.8) is 0 Å². The summed E-state index contributed by atoms with van der Waals surface area (Å²) in [5, 5.41) is 0. The van der Waals surface area contributed by atoms with Crippen molar-refractivity contribution in [1.29, 1.82) is 0.594 Å². The summed E-state index contributed by atoms with van der Waals surface area (Å²) in [6, 6.07) is 0. The summed E-state index contributed by atoms with van der Waals surface area (Å²) in [5.74, 6) is 0. The predicted molar refractivity (Wildman–Crippen MR) is 33.1 cm³/mol. The van der Waals surface area contributed by atoms with Crippen LogP contribution in [0.5, 0.6) is 0 Å². The Balaban J connectivity index is -0.0000000278. The number of rotatable bonds is 0. The van der Waals surface area contributed by atoms with Gasteiger partial charge in [-0.25, -0.2) is 0 Å². The second kappa shape index (κ2) is 92.6. The molecule has 0 saturated heterocycles. The van der Waals surface area contributed by atoms with E-state index in [0.717, 1.165) is 0 Å². The van der Waals surface area contributed by atoms with E-state index >= 15 is 0 Å². The minimum absolute atomic E-state index is 1.41. The Morgan fingerprint density at radius 3 is 0.857 bits per heavy atom. The first-order valence-corrected chi connectivity index (χ1v) is 8.32. The molecule has 0 saturated carbocycles. The average molecular weight is 513 g/mol. The summed E-state index contributed by atoms with van der Waals surface area (Å²) >= 11 is -5.95. The van der Waals surface area contributed by atoms with Gasteiger partial charge in [0, 0.05) is 0 Å². The van der Waals surface area contributed by atoms with E-state index in [0.29, 0.717) is 0 Å². The van der Waals surface area contributed by atoms with E-state index in [1.807, 2.05) is 0 Å². The maximum atomic E-state index is 8.71. The summed E-state index contributed by atoms with van der Waals surface area (Å²) in [7, 11) is -2.83. The van der Waals surface area contributed by atoms with Gasteiger partial charge in [0.1, 0.15) is 23.0 Å². The van der Waals surface area contributed by atoms with Crippen molar-refractivity contribution in [2.45, 2.75) is 0 Å². The van der Waals surface area contributed by atoms with E-state index in [4.69, 9.17) is 32.8 Å². The molecule has 0 N–H and O–H groups in total. The Bertz CT molecular complexity index is 193. The summed E-state index contributed by atoms with van der Waals surface area (Å²) in [4.78, 5) is 0. The number of hydrogen-bond donors (Lipinski definition) is 0. The van der Waals surface area contributed by atoms with Crippen LogP contribution in [0.2, 0.25) is 0 Å². The van der Waals surface area contributed by atoms with Gasteiger partial charge in [0.05, 0.1) is 0 Å². The average Bonchev–Trinajstić information content (AvgIpc) is 2.09. The first kappa shape index (κ1) is 24.4. The molecule has 78 valence electrons. The quantitative estimate of drug-likeness (QED) is 0.287. The molecule has 0 aromatic rings. The third-order valence-corrected chi connectivity index (χ3v) is 0. The zero-order chi connectivity index (χ0) is 13.5. The molecule has 0 amide bonds. The van der Waals surface area contributed by atoms with Crippen LogP contribution in [0.3, 0.4) is 0 Å². The molecule has 0 aromatic heterocycles. The fraction of sp³-hybridized carbons (Fsp3) is 0. The monoisotopic (exact) mass is 510 g/mol. The molecule has 0 spiro atoms. The van der Waals surface area contributed by atoms with Crippen LogP contribution < -0.4 is 0 Å². The molecule has 14 heavy (non-hydrogen) atoms. The first-order chi connectivity index (χ1) is 7.07. The van der Waals surface area contributed by atoms with Crippen molar-refractivity contribution in [3.05, 3.63) is 0 Å². The van der Waals surface area contributed by atoms with Crippen molar-refractivity contribution in [2.24, 2.45) is 0 Å². The van der Waals surface area contributed by atoms with Gasteiger partial charge in [-0.1, -0.05) is 0 Å². The fourth-order valence-corrected chi connectivity index (χ4v) is 0. The Hall–Kier alpha value is 1.13. The fourth-order valence-electron chi connectivity index (χ4n) is 0. The van der Waals surface area contributed by atoms with Gasteiger partial charge in [-0.3, -0.25) is 20.9 Å².